The Labute approximate surface area is 149 Å². The van der Waals surface area contributed by atoms with Gasteiger partial charge in [0.15, 0.2) is 0 Å². The van der Waals surface area contributed by atoms with E-state index in [-0.39, 0.29) is 11.9 Å². The lowest BCUT2D eigenvalue weighted by atomic mass is 10.0. The molecule has 3 heterocycles. The van der Waals surface area contributed by atoms with E-state index >= 15 is 0 Å². The highest BCUT2D eigenvalue weighted by atomic mass is 35.5. The summed E-state index contributed by atoms with van der Waals surface area (Å²) >= 11 is 6.42. The van der Waals surface area contributed by atoms with Gasteiger partial charge < -0.3 is 25.6 Å². The lowest BCUT2D eigenvalue weighted by Crippen LogP contribution is -2.47. The number of carbonyl (C=O) groups is 2. The summed E-state index contributed by atoms with van der Waals surface area (Å²) in [5.41, 5.74) is 2.01. The van der Waals surface area contributed by atoms with E-state index in [1.54, 1.807) is 19.3 Å². The van der Waals surface area contributed by atoms with Gasteiger partial charge >= 0.3 is 6.09 Å². The third-order valence-electron chi connectivity index (χ3n) is 4.29. The Morgan fingerprint density at radius 1 is 1.52 bits per heavy atom. The molecule has 134 valence electrons. The Balaban J connectivity index is 1.99. The molecule has 0 bridgehead atoms. The number of amides is 2. The first-order chi connectivity index (χ1) is 12.0. The minimum atomic E-state index is -1.03. The molecule has 3 rings (SSSR count). The van der Waals surface area contributed by atoms with Crippen LogP contribution in [0.15, 0.2) is 12.4 Å². The number of pyridine rings is 1. The van der Waals surface area contributed by atoms with Gasteiger partial charge in [-0.2, -0.15) is 0 Å². The summed E-state index contributed by atoms with van der Waals surface area (Å²) in [5.74, 6) is -0.101. The van der Waals surface area contributed by atoms with Crippen LogP contribution in [0.5, 0.6) is 0 Å². The quantitative estimate of drug-likeness (QED) is 0.666. The van der Waals surface area contributed by atoms with Crippen LogP contribution in [0.1, 0.15) is 26.2 Å². The minimum Gasteiger partial charge on any atom is -0.465 e. The van der Waals surface area contributed by atoms with E-state index in [0.29, 0.717) is 29.3 Å². The van der Waals surface area contributed by atoms with E-state index < -0.39 is 6.09 Å². The van der Waals surface area contributed by atoms with E-state index in [2.05, 4.69) is 20.6 Å². The predicted molar refractivity (Wildman–Crippen MR) is 96.4 cm³/mol. The van der Waals surface area contributed by atoms with Crippen LogP contribution in [-0.4, -0.2) is 46.2 Å². The molecule has 0 aliphatic carbocycles. The van der Waals surface area contributed by atoms with Crippen molar-refractivity contribution in [3.63, 3.8) is 0 Å². The Kier molecular flexibility index (Phi) is 4.98. The highest BCUT2D eigenvalue weighted by Gasteiger charge is 2.26. The molecule has 2 aromatic rings. The maximum absolute atomic E-state index is 11.8. The van der Waals surface area contributed by atoms with E-state index in [4.69, 9.17) is 16.7 Å². The Morgan fingerprint density at radius 2 is 2.32 bits per heavy atom. The van der Waals surface area contributed by atoms with E-state index in [1.807, 2.05) is 4.90 Å². The number of halogens is 1. The lowest BCUT2D eigenvalue weighted by molar-refractivity contribution is -0.115. The number of nitrogens with one attached hydrogen (secondary N) is 3. The van der Waals surface area contributed by atoms with E-state index in [0.717, 1.165) is 30.5 Å². The average Bonchev–Trinajstić information content (AvgIpc) is 2.97. The highest BCUT2D eigenvalue weighted by molar-refractivity contribution is 6.35. The molecule has 0 spiro atoms. The number of fused-ring (bicyclic) bond motifs is 1. The molecule has 0 radical (unpaired) electrons. The van der Waals surface area contributed by atoms with Crippen molar-refractivity contribution in [2.45, 2.75) is 32.2 Å². The van der Waals surface area contributed by atoms with Gasteiger partial charge in [0.1, 0.15) is 5.65 Å². The fraction of sp³-hybridized carbons (Fsp3) is 0.438. The Morgan fingerprint density at radius 3 is 3.04 bits per heavy atom. The number of hydrogen-bond donors (Lipinski definition) is 4. The molecule has 1 atom stereocenters. The number of H-pyrrole nitrogens is 1. The van der Waals surface area contributed by atoms with Crippen LogP contribution in [-0.2, 0) is 4.79 Å². The topological polar surface area (TPSA) is 110 Å². The summed E-state index contributed by atoms with van der Waals surface area (Å²) < 4.78 is 0. The molecule has 2 amide bonds. The molecule has 4 N–H and O–H groups in total. The summed E-state index contributed by atoms with van der Waals surface area (Å²) in [6, 6.07) is -0.168. The molecule has 25 heavy (non-hydrogen) atoms. The number of nitrogens with zero attached hydrogens (tertiary/aromatic N) is 2. The molecule has 2 aromatic heterocycles. The van der Waals surface area contributed by atoms with Crippen LogP contribution in [0.4, 0.5) is 16.2 Å². The average molecular weight is 366 g/mol. The zero-order chi connectivity index (χ0) is 18.0. The van der Waals surface area contributed by atoms with Gasteiger partial charge in [-0.15, -0.1) is 0 Å². The number of rotatable bonds is 4. The van der Waals surface area contributed by atoms with Crippen molar-refractivity contribution in [2.24, 2.45) is 0 Å². The van der Waals surface area contributed by atoms with Crippen molar-refractivity contribution in [1.29, 1.82) is 0 Å². The maximum Gasteiger partial charge on any atom is 0.404 e. The third kappa shape index (κ3) is 3.63. The van der Waals surface area contributed by atoms with Gasteiger partial charge in [-0.1, -0.05) is 18.5 Å². The number of hydrogen-bond acceptors (Lipinski definition) is 4. The molecule has 1 saturated heterocycles. The van der Waals surface area contributed by atoms with Gasteiger partial charge in [0.05, 0.1) is 28.0 Å². The molecular formula is C16H20ClN5O3. The van der Waals surface area contributed by atoms with Crippen molar-refractivity contribution >= 4 is 46.0 Å². The maximum atomic E-state index is 11.8. The smallest absolute Gasteiger partial charge is 0.404 e. The van der Waals surface area contributed by atoms with Crippen LogP contribution in [0, 0.1) is 0 Å². The first-order valence-electron chi connectivity index (χ1n) is 8.19. The minimum absolute atomic E-state index is 0.101. The molecule has 1 aliphatic heterocycles. The molecule has 8 nitrogen and oxygen atoms in total. The Hall–Kier alpha value is -2.48. The predicted octanol–water partition coefficient (Wildman–Crippen LogP) is 2.80. The Bertz CT molecular complexity index is 806. The molecular weight excluding hydrogens is 346 g/mol. The van der Waals surface area contributed by atoms with Crippen LogP contribution in [0.2, 0.25) is 5.02 Å². The van der Waals surface area contributed by atoms with Gasteiger partial charge in [0.2, 0.25) is 5.91 Å². The van der Waals surface area contributed by atoms with Crippen molar-refractivity contribution in [1.82, 2.24) is 15.3 Å². The van der Waals surface area contributed by atoms with Crippen molar-refractivity contribution in [2.75, 3.05) is 23.3 Å². The summed E-state index contributed by atoms with van der Waals surface area (Å²) in [5, 5.41) is 15.6. The highest BCUT2D eigenvalue weighted by Crippen LogP contribution is 2.38. The van der Waals surface area contributed by atoms with Crippen LogP contribution >= 0.6 is 11.6 Å². The zero-order valence-corrected chi connectivity index (χ0v) is 14.6. The van der Waals surface area contributed by atoms with Crippen LogP contribution < -0.4 is 15.5 Å². The summed E-state index contributed by atoms with van der Waals surface area (Å²) in [6.45, 7) is 3.05. The monoisotopic (exact) mass is 365 g/mol. The van der Waals surface area contributed by atoms with E-state index in [9.17, 15) is 9.59 Å². The summed E-state index contributed by atoms with van der Waals surface area (Å²) in [6.07, 6.45) is 4.21. The molecule has 0 saturated carbocycles. The second kappa shape index (κ2) is 7.18. The van der Waals surface area contributed by atoms with Crippen molar-refractivity contribution < 1.29 is 14.7 Å². The molecule has 9 heteroatoms. The zero-order valence-electron chi connectivity index (χ0n) is 13.8. The second-order valence-electron chi connectivity index (χ2n) is 6.02. The fourth-order valence-corrected chi connectivity index (χ4v) is 3.44. The molecule has 0 aromatic carbocycles. The molecule has 1 aliphatic rings. The lowest BCUT2D eigenvalue weighted by Gasteiger charge is -2.35. The number of anilines is 2. The van der Waals surface area contributed by atoms with E-state index in [1.165, 1.54) is 0 Å². The largest absolute Gasteiger partial charge is 0.465 e. The van der Waals surface area contributed by atoms with Gasteiger partial charge in [0.25, 0.3) is 0 Å². The normalized spacial score (nSPS) is 17.5. The first-order valence-corrected chi connectivity index (χ1v) is 8.57. The summed E-state index contributed by atoms with van der Waals surface area (Å²) in [4.78, 5) is 32.1. The number of carbonyl (C=O) groups excluding carboxylic acids is 1. The molecule has 1 fully saturated rings. The fourth-order valence-electron chi connectivity index (χ4n) is 3.17. The SMILES string of the molecule is CCC(=O)Nc1c[nH]c2ncc(Cl)c(N3CCCC(NC(=O)O)C3)c12. The van der Waals surface area contributed by atoms with Gasteiger partial charge in [0, 0.05) is 31.7 Å². The summed E-state index contributed by atoms with van der Waals surface area (Å²) in [7, 11) is 0. The first kappa shape index (κ1) is 17.3. The number of aromatic nitrogens is 2. The number of piperidine rings is 1. The van der Waals surface area contributed by atoms with Gasteiger partial charge in [-0.3, -0.25) is 4.79 Å². The van der Waals surface area contributed by atoms with Gasteiger partial charge in [-0.25, -0.2) is 9.78 Å². The van der Waals surface area contributed by atoms with Crippen molar-refractivity contribution in [3.8, 4) is 0 Å². The second-order valence-corrected chi connectivity index (χ2v) is 6.42. The number of aromatic amines is 1. The van der Waals surface area contributed by atoms with Crippen LogP contribution in [0.3, 0.4) is 0 Å². The molecule has 1 unspecified atom stereocenters. The third-order valence-corrected chi connectivity index (χ3v) is 4.57. The van der Waals surface area contributed by atoms with Crippen molar-refractivity contribution in [3.05, 3.63) is 17.4 Å². The number of carboxylic acid groups (broad SMARTS) is 1. The van der Waals surface area contributed by atoms with Crippen LogP contribution in [0.25, 0.3) is 11.0 Å². The van der Waals surface area contributed by atoms with Gasteiger partial charge in [-0.05, 0) is 12.8 Å². The standard InChI is InChI=1S/C16H20ClN5O3/c1-2-12(23)21-11-7-19-15-13(11)14(10(17)6-18-15)22-5-3-4-9(8-22)20-16(24)25/h6-7,9,20H,2-5,8H2,1H3,(H,18,19)(H,21,23)(H,24,25).